The zero-order valence-electron chi connectivity index (χ0n) is 13.4. The van der Waals surface area contributed by atoms with Gasteiger partial charge in [0, 0.05) is 37.3 Å². The first-order valence-corrected chi connectivity index (χ1v) is 8.64. The number of carbonyl (C=O) groups excluding carboxylic acids is 2. The minimum Gasteiger partial charge on any atom is -0.342 e. The fourth-order valence-electron chi connectivity index (χ4n) is 2.51. The number of hydrogen-bond donors (Lipinski definition) is 1. The summed E-state index contributed by atoms with van der Waals surface area (Å²) in [6.07, 6.45) is 1.11. The summed E-state index contributed by atoms with van der Waals surface area (Å²) in [5.74, 6) is 0.790. The lowest BCUT2D eigenvalue weighted by Gasteiger charge is -2.32. The predicted octanol–water partition coefficient (Wildman–Crippen LogP) is 1.43. The summed E-state index contributed by atoms with van der Waals surface area (Å²) in [4.78, 5) is 35.3. The highest BCUT2D eigenvalue weighted by Crippen LogP contribution is 2.20. The van der Waals surface area contributed by atoms with E-state index in [-0.39, 0.29) is 12.3 Å². The van der Waals surface area contributed by atoms with Gasteiger partial charge in [0.05, 0.1) is 12.1 Å². The lowest BCUT2D eigenvalue weighted by atomic mass is 10.2. The van der Waals surface area contributed by atoms with E-state index in [9.17, 15) is 9.59 Å². The van der Waals surface area contributed by atoms with Crippen LogP contribution in [0.5, 0.6) is 0 Å². The number of rotatable bonds is 5. The Morgan fingerprint density at radius 1 is 1.29 bits per heavy atom. The molecule has 0 atom stereocenters. The quantitative estimate of drug-likeness (QED) is 0.830. The van der Waals surface area contributed by atoms with Crippen molar-refractivity contribution in [1.82, 2.24) is 19.8 Å². The number of hydrogen-bond acceptors (Lipinski definition) is 6. The second-order valence-electron chi connectivity index (χ2n) is 5.63. The summed E-state index contributed by atoms with van der Waals surface area (Å²) in [7, 11) is 0. The molecule has 3 rings (SSSR count). The fraction of sp³-hybridized carbons (Fsp3) is 0.375. The molecule has 2 aromatic rings. The molecule has 2 amide bonds. The first kappa shape index (κ1) is 16.4. The molecule has 8 heteroatoms. The van der Waals surface area contributed by atoms with Gasteiger partial charge in [-0.15, -0.1) is 11.3 Å². The molecule has 0 aliphatic carbocycles. The number of nitrogens with one attached hydrogen (secondary N) is 1. The van der Waals surface area contributed by atoms with Gasteiger partial charge in [0.1, 0.15) is 5.82 Å². The van der Waals surface area contributed by atoms with Crippen LogP contribution in [0.4, 0.5) is 10.9 Å². The molecule has 126 valence electrons. The maximum atomic E-state index is 12.3. The third-order valence-electron chi connectivity index (χ3n) is 3.82. The van der Waals surface area contributed by atoms with E-state index in [1.54, 1.807) is 9.80 Å². The molecule has 1 saturated heterocycles. The van der Waals surface area contributed by atoms with Crippen LogP contribution >= 0.6 is 11.3 Å². The van der Waals surface area contributed by atoms with Crippen molar-refractivity contribution in [2.24, 2.45) is 0 Å². The smallest absolute Gasteiger partial charge is 0.228 e. The molecular formula is C16H19N5O2S. The monoisotopic (exact) mass is 345 g/mol. The summed E-state index contributed by atoms with van der Waals surface area (Å²) in [5.41, 5.74) is 1.68. The Hall–Kier alpha value is -2.48. The minimum atomic E-state index is 0.0473. The molecule has 3 heterocycles. The Labute approximate surface area is 144 Å². The number of amides is 2. The maximum Gasteiger partial charge on any atom is 0.228 e. The number of aryl methyl sites for hydroxylation is 1. The highest BCUT2D eigenvalue weighted by Gasteiger charge is 2.21. The van der Waals surface area contributed by atoms with Crippen LogP contribution < -0.4 is 5.32 Å². The number of aromatic nitrogens is 2. The van der Waals surface area contributed by atoms with Crippen molar-refractivity contribution in [2.45, 2.75) is 13.3 Å². The number of anilines is 2. The normalized spacial score (nSPS) is 14.5. The van der Waals surface area contributed by atoms with Gasteiger partial charge in [-0.05, 0) is 19.1 Å². The van der Waals surface area contributed by atoms with E-state index in [4.69, 9.17) is 0 Å². The van der Waals surface area contributed by atoms with Crippen LogP contribution in [0.25, 0.3) is 0 Å². The third-order valence-corrected chi connectivity index (χ3v) is 4.63. The minimum absolute atomic E-state index is 0.0473. The van der Waals surface area contributed by atoms with E-state index >= 15 is 0 Å². The SMILES string of the molecule is Cc1cccc(Nc2nc(CC(=O)N3CCN(C=O)CC3)cs2)n1. The molecule has 0 bridgehead atoms. The number of pyridine rings is 1. The lowest BCUT2D eigenvalue weighted by Crippen LogP contribution is -2.48. The molecule has 0 spiro atoms. The van der Waals surface area contributed by atoms with Crippen molar-refractivity contribution in [1.29, 1.82) is 0 Å². The van der Waals surface area contributed by atoms with Gasteiger partial charge in [-0.3, -0.25) is 9.59 Å². The van der Waals surface area contributed by atoms with Gasteiger partial charge < -0.3 is 15.1 Å². The first-order valence-electron chi connectivity index (χ1n) is 7.76. The number of piperazine rings is 1. The van der Waals surface area contributed by atoms with Crippen LogP contribution in [0.2, 0.25) is 0 Å². The second kappa shape index (κ2) is 7.39. The molecule has 7 nitrogen and oxygen atoms in total. The van der Waals surface area contributed by atoms with E-state index in [2.05, 4.69) is 15.3 Å². The number of carbonyl (C=O) groups is 2. The second-order valence-corrected chi connectivity index (χ2v) is 6.49. The van der Waals surface area contributed by atoms with Gasteiger partial charge in [0.2, 0.25) is 12.3 Å². The van der Waals surface area contributed by atoms with Crippen molar-refractivity contribution in [3.05, 3.63) is 35.0 Å². The molecule has 1 N–H and O–H groups in total. The topological polar surface area (TPSA) is 78.4 Å². The van der Waals surface area contributed by atoms with Crippen LogP contribution in [-0.4, -0.2) is 58.3 Å². The Bertz CT molecular complexity index is 725. The molecule has 2 aromatic heterocycles. The predicted molar refractivity (Wildman–Crippen MR) is 92.3 cm³/mol. The molecule has 0 saturated carbocycles. The Balaban J connectivity index is 1.56. The van der Waals surface area contributed by atoms with Crippen LogP contribution in [-0.2, 0) is 16.0 Å². The zero-order chi connectivity index (χ0) is 16.9. The Morgan fingerprint density at radius 2 is 2.08 bits per heavy atom. The molecule has 0 unspecified atom stereocenters. The highest BCUT2D eigenvalue weighted by molar-refractivity contribution is 7.13. The fourth-order valence-corrected chi connectivity index (χ4v) is 3.23. The molecule has 24 heavy (non-hydrogen) atoms. The van der Waals surface area contributed by atoms with Crippen molar-refractivity contribution in [3.8, 4) is 0 Å². The van der Waals surface area contributed by atoms with Gasteiger partial charge in [-0.2, -0.15) is 0 Å². The first-order chi connectivity index (χ1) is 11.6. The van der Waals surface area contributed by atoms with Gasteiger partial charge >= 0.3 is 0 Å². The lowest BCUT2D eigenvalue weighted by molar-refractivity contribution is -0.134. The van der Waals surface area contributed by atoms with Gasteiger partial charge in [0.15, 0.2) is 5.13 Å². The molecule has 0 radical (unpaired) electrons. The summed E-state index contributed by atoms with van der Waals surface area (Å²) in [6.45, 7) is 4.29. The maximum absolute atomic E-state index is 12.3. The van der Waals surface area contributed by atoms with Crippen molar-refractivity contribution < 1.29 is 9.59 Å². The van der Waals surface area contributed by atoms with E-state index < -0.39 is 0 Å². The highest BCUT2D eigenvalue weighted by atomic mass is 32.1. The van der Waals surface area contributed by atoms with E-state index in [1.165, 1.54) is 11.3 Å². The number of thiazole rings is 1. The summed E-state index contributed by atoms with van der Waals surface area (Å²) in [5, 5.41) is 5.77. The zero-order valence-corrected chi connectivity index (χ0v) is 14.3. The molecule has 1 aliphatic heterocycles. The Morgan fingerprint density at radius 3 is 2.79 bits per heavy atom. The third kappa shape index (κ3) is 4.08. The summed E-state index contributed by atoms with van der Waals surface area (Å²) in [6, 6.07) is 5.74. The van der Waals surface area contributed by atoms with Crippen LogP contribution in [0.1, 0.15) is 11.4 Å². The number of nitrogens with zero attached hydrogens (tertiary/aromatic N) is 4. The molecular weight excluding hydrogens is 326 g/mol. The van der Waals surface area contributed by atoms with E-state index in [0.29, 0.717) is 26.2 Å². The van der Waals surface area contributed by atoms with Gasteiger partial charge in [-0.25, -0.2) is 9.97 Å². The van der Waals surface area contributed by atoms with Crippen molar-refractivity contribution in [3.63, 3.8) is 0 Å². The van der Waals surface area contributed by atoms with Crippen LogP contribution in [0.15, 0.2) is 23.6 Å². The standard InChI is InChI=1S/C16H19N5O2S/c1-12-3-2-4-14(17-12)19-16-18-13(10-24-16)9-15(23)21-7-5-20(11-22)6-8-21/h2-4,10-11H,5-9H2,1H3,(H,17,18,19). The van der Waals surface area contributed by atoms with Crippen LogP contribution in [0.3, 0.4) is 0 Å². The summed E-state index contributed by atoms with van der Waals surface area (Å²) < 4.78 is 0. The summed E-state index contributed by atoms with van der Waals surface area (Å²) >= 11 is 1.46. The van der Waals surface area contributed by atoms with E-state index in [1.807, 2.05) is 30.5 Å². The van der Waals surface area contributed by atoms with E-state index in [0.717, 1.165) is 28.7 Å². The van der Waals surface area contributed by atoms with Crippen LogP contribution in [0, 0.1) is 6.92 Å². The largest absolute Gasteiger partial charge is 0.342 e. The van der Waals surface area contributed by atoms with Gasteiger partial charge in [0.25, 0.3) is 0 Å². The molecule has 1 fully saturated rings. The van der Waals surface area contributed by atoms with Gasteiger partial charge in [-0.1, -0.05) is 6.07 Å². The van der Waals surface area contributed by atoms with Crippen molar-refractivity contribution in [2.75, 3.05) is 31.5 Å². The molecule has 0 aromatic carbocycles. The average Bonchev–Trinajstić information content (AvgIpc) is 3.02. The average molecular weight is 345 g/mol. The molecule has 1 aliphatic rings. The Kier molecular flexibility index (Phi) is 5.05. The van der Waals surface area contributed by atoms with Crippen molar-refractivity contribution >= 4 is 34.6 Å².